The first kappa shape index (κ1) is 16.2. The van der Waals surface area contributed by atoms with E-state index in [4.69, 9.17) is 5.73 Å². The maximum Gasteiger partial charge on any atom is 0.326 e. The van der Waals surface area contributed by atoms with Gasteiger partial charge in [-0.1, -0.05) is 30.3 Å². The van der Waals surface area contributed by atoms with E-state index >= 15 is 0 Å². The van der Waals surface area contributed by atoms with E-state index in [1.165, 1.54) is 18.3 Å². The van der Waals surface area contributed by atoms with Crippen LogP contribution in [0, 0.1) is 0 Å². The number of amides is 2. The summed E-state index contributed by atoms with van der Waals surface area (Å²) in [6.07, 6.45) is 1.32. The summed E-state index contributed by atoms with van der Waals surface area (Å²) in [5, 5.41) is 11.7. The van der Waals surface area contributed by atoms with Crippen molar-refractivity contribution in [2.45, 2.75) is 12.5 Å². The quantitative estimate of drug-likeness (QED) is 0.721. The Morgan fingerprint density at radius 2 is 1.83 bits per heavy atom. The molecule has 0 saturated heterocycles. The molecule has 1 atom stereocenters. The molecule has 1 aromatic carbocycles. The fourth-order valence-electron chi connectivity index (χ4n) is 1.96. The summed E-state index contributed by atoms with van der Waals surface area (Å²) < 4.78 is 0. The molecule has 0 spiro atoms. The number of primary amides is 1. The Morgan fingerprint density at radius 3 is 2.35 bits per heavy atom. The monoisotopic (exact) mass is 313 g/mol. The molecule has 7 heteroatoms. The Morgan fingerprint density at radius 1 is 1.13 bits per heavy atom. The highest BCUT2D eigenvalue weighted by Gasteiger charge is 2.21. The second kappa shape index (κ2) is 7.17. The van der Waals surface area contributed by atoms with Gasteiger partial charge >= 0.3 is 5.97 Å². The fourth-order valence-corrected chi connectivity index (χ4v) is 1.96. The van der Waals surface area contributed by atoms with E-state index in [2.05, 4.69) is 10.3 Å². The number of hydrogen-bond donors (Lipinski definition) is 3. The van der Waals surface area contributed by atoms with Crippen molar-refractivity contribution in [2.24, 2.45) is 5.73 Å². The molecule has 2 amide bonds. The average Bonchev–Trinajstić information content (AvgIpc) is 2.55. The molecule has 1 heterocycles. The number of nitrogens with zero attached hydrogens (tertiary/aromatic N) is 1. The third kappa shape index (κ3) is 4.37. The van der Waals surface area contributed by atoms with E-state index in [1.807, 2.05) is 6.07 Å². The number of carboxylic acid groups (broad SMARTS) is 1. The third-order valence-electron chi connectivity index (χ3n) is 3.17. The van der Waals surface area contributed by atoms with Gasteiger partial charge in [-0.3, -0.25) is 14.6 Å². The predicted octanol–water partition coefficient (Wildman–Crippen LogP) is 0.606. The van der Waals surface area contributed by atoms with Crippen molar-refractivity contribution in [1.29, 1.82) is 0 Å². The lowest BCUT2D eigenvalue weighted by atomic mass is 10.1. The van der Waals surface area contributed by atoms with Crippen LogP contribution in [0.4, 0.5) is 0 Å². The van der Waals surface area contributed by atoms with Crippen molar-refractivity contribution in [3.05, 3.63) is 65.5 Å². The van der Waals surface area contributed by atoms with Crippen molar-refractivity contribution in [1.82, 2.24) is 10.3 Å². The van der Waals surface area contributed by atoms with E-state index in [1.54, 1.807) is 24.3 Å². The van der Waals surface area contributed by atoms with Crippen LogP contribution in [0.25, 0.3) is 0 Å². The summed E-state index contributed by atoms with van der Waals surface area (Å²) >= 11 is 0. The number of nitrogens with one attached hydrogen (secondary N) is 1. The molecule has 0 fully saturated rings. The SMILES string of the molecule is NC(=O)c1ccc(C(=O)NC(Cc2ccccc2)C(=O)O)nc1. The normalized spacial score (nSPS) is 11.5. The van der Waals surface area contributed by atoms with Gasteiger partial charge in [0.25, 0.3) is 5.91 Å². The van der Waals surface area contributed by atoms with E-state index in [-0.39, 0.29) is 17.7 Å². The zero-order valence-corrected chi connectivity index (χ0v) is 12.1. The van der Waals surface area contributed by atoms with Crippen LogP contribution in [-0.2, 0) is 11.2 Å². The van der Waals surface area contributed by atoms with Gasteiger partial charge in [-0.25, -0.2) is 4.79 Å². The minimum atomic E-state index is -1.14. The number of rotatable bonds is 6. The molecular formula is C16H15N3O4. The number of hydrogen-bond acceptors (Lipinski definition) is 4. The Hall–Kier alpha value is -3.22. The van der Waals surface area contributed by atoms with Crippen LogP contribution in [0.5, 0.6) is 0 Å². The number of nitrogens with two attached hydrogens (primary N) is 1. The Bertz CT molecular complexity index is 714. The average molecular weight is 313 g/mol. The molecule has 4 N–H and O–H groups in total. The topological polar surface area (TPSA) is 122 Å². The summed E-state index contributed by atoms with van der Waals surface area (Å²) in [5.41, 5.74) is 6.05. The highest BCUT2D eigenvalue weighted by Crippen LogP contribution is 2.05. The maximum absolute atomic E-state index is 12.1. The van der Waals surface area contributed by atoms with Gasteiger partial charge in [0.2, 0.25) is 5.91 Å². The molecule has 2 aromatic rings. The molecule has 1 aromatic heterocycles. The molecule has 0 aliphatic heterocycles. The van der Waals surface area contributed by atoms with Gasteiger partial charge in [-0.05, 0) is 17.7 Å². The largest absolute Gasteiger partial charge is 0.480 e. The molecule has 0 bridgehead atoms. The number of pyridine rings is 1. The summed E-state index contributed by atoms with van der Waals surface area (Å²) in [7, 11) is 0. The molecule has 0 radical (unpaired) electrons. The van der Waals surface area contributed by atoms with Crippen LogP contribution < -0.4 is 11.1 Å². The number of benzene rings is 1. The number of carbonyl (C=O) groups excluding carboxylic acids is 2. The van der Waals surface area contributed by atoms with Crippen LogP contribution in [0.1, 0.15) is 26.4 Å². The summed E-state index contributed by atoms with van der Waals surface area (Å²) in [6, 6.07) is 10.6. The molecule has 118 valence electrons. The summed E-state index contributed by atoms with van der Waals surface area (Å²) in [6.45, 7) is 0. The highest BCUT2D eigenvalue weighted by molar-refractivity contribution is 5.96. The minimum Gasteiger partial charge on any atom is -0.480 e. The van der Waals surface area contributed by atoms with Crippen LogP contribution in [-0.4, -0.2) is 33.9 Å². The number of carbonyl (C=O) groups is 3. The first-order chi connectivity index (χ1) is 11.0. The maximum atomic E-state index is 12.1. The summed E-state index contributed by atoms with van der Waals surface area (Å²) in [4.78, 5) is 38.2. The first-order valence-corrected chi connectivity index (χ1v) is 6.81. The number of aliphatic carboxylic acids is 1. The number of aromatic nitrogens is 1. The molecular weight excluding hydrogens is 298 g/mol. The minimum absolute atomic E-state index is 0.00862. The predicted molar refractivity (Wildman–Crippen MR) is 81.8 cm³/mol. The van der Waals surface area contributed by atoms with Crippen molar-refractivity contribution >= 4 is 17.8 Å². The standard InChI is InChI=1S/C16H15N3O4/c17-14(20)11-6-7-12(18-9-11)15(21)19-13(16(22)23)8-10-4-2-1-3-5-10/h1-7,9,13H,8H2,(H2,17,20)(H,19,21)(H,22,23). The van der Waals surface area contributed by atoms with Crippen molar-refractivity contribution < 1.29 is 19.5 Å². The van der Waals surface area contributed by atoms with Crippen molar-refractivity contribution in [3.8, 4) is 0 Å². The molecule has 0 aliphatic carbocycles. The Kier molecular flexibility index (Phi) is 5.03. The van der Waals surface area contributed by atoms with Crippen LogP contribution in [0.15, 0.2) is 48.7 Å². The lowest BCUT2D eigenvalue weighted by Crippen LogP contribution is -2.42. The van der Waals surface area contributed by atoms with Gasteiger partial charge in [-0.2, -0.15) is 0 Å². The van der Waals surface area contributed by atoms with E-state index in [0.29, 0.717) is 0 Å². The third-order valence-corrected chi connectivity index (χ3v) is 3.17. The molecule has 0 aliphatic rings. The Labute approximate surface area is 132 Å². The van der Waals surface area contributed by atoms with Gasteiger partial charge in [0.15, 0.2) is 0 Å². The fraction of sp³-hybridized carbons (Fsp3) is 0.125. The molecule has 0 saturated carbocycles. The van der Waals surface area contributed by atoms with Gasteiger partial charge in [-0.15, -0.1) is 0 Å². The molecule has 7 nitrogen and oxygen atoms in total. The van der Waals surface area contributed by atoms with Crippen LogP contribution >= 0.6 is 0 Å². The Balaban J connectivity index is 2.08. The zero-order chi connectivity index (χ0) is 16.8. The molecule has 1 unspecified atom stereocenters. The van der Waals surface area contributed by atoms with Crippen molar-refractivity contribution in [3.63, 3.8) is 0 Å². The zero-order valence-electron chi connectivity index (χ0n) is 12.1. The lowest BCUT2D eigenvalue weighted by Gasteiger charge is -2.14. The van der Waals surface area contributed by atoms with E-state index in [9.17, 15) is 19.5 Å². The lowest BCUT2D eigenvalue weighted by molar-refractivity contribution is -0.139. The smallest absolute Gasteiger partial charge is 0.326 e. The van der Waals surface area contributed by atoms with Gasteiger partial charge in [0.1, 0.15) is 11.7 Å². The van der Waals surface area contributed by atoms with Gasteiger partial charge in [0.05, 0.1) is 5.56 Å². The second-order valence-electron chi connectivity index (χ2n) is 4.85. The summed E-state index contributed by atoms with van der Waals surface area (Å²) in [5.74, 6) is -2.43. The highest BCUT2D eigenvalue weighted by atomic mass is 16.4. The van der Waals surface area contributed by atoms with Gasteiger partial charge < -0.3 is 16.2 Å². The molecule has 2 rings (SSSR count). The first-order valence-electron chi connectivity index (χ1n) is 6.81. The molecule has 23 heavy (non-hydrogen) atoms. The van der Waals surface area contributed by atoms with E-state index < -0.39 is 23.8 Å². The van der Waals surface area contributed by atoms with Crippen molar-refractivity contribution in [2.75, 3.05) is 0 Å². The second-order valence-corrected chi connectivity index (χ2v) is 4.85. The van der Waals surface area contributed by atoms with Crippen LogP contribution in [0.3, 0.4) is 0 Å². The van der Waals surface area contributed by atoms with Gasteiger partial charge in [0, 0.05) is 12.6 Å². The van der Waals surface area contributed by atoms with E-state index in [0.717, 1.165) is 5.56 Å². The van der Waals surface area contributed by atoms with Crippen LogP contribution in [0.2, 0.25) is 0 Å². The number of carboxylic acids is 1.